The number of aromatic nitrogens is 3. The van der Waals surface area contributed by atoms with Crippen LogP contribution in [0.2, 0.25) is 5.02 Å². The van der Waals surface area contributed by atoms with Gasteiger partial charge in [0.1, 0.15) is 5.02 Å². The molecule has 35 heavy (non-hydrogen) atoms. The molecular weight excluding hydrogens is 470 g/mol. The molecule has 180 valence electrons. The summed E-state index contributed by atoms with van der Waals surface area (Å²) in [5, 5.41) is 4.41. The fourth-order valence-electron chi connectivity index (χ4n) is 4.37. The average Bonchev–Trinajstić information content (AvgIpc) is 3.21. The zero-order valence-electron chi connectivity index (χ0n) is 19.0. The number of fused-ring (bicyclic) bond motifs is 1. The van der Waals surface area contributed by atoms with Crippen LogP contribution in [-0.2, 0) is 11.3 Å². The molecular formula is C25H24ClN5O4. The highest BCUT2D eigenvalue weighted by Crippen LogP contribution is 2.23. The van der Waals surface area contributed by atoms with Gasteiger partial charge in [0.05, 0.1) is 23.1 Å². The van der Waals surface area contributed by atoms with Gasteiger partial charge < -0.3 is 14.2 Å². The number of anilines is 1. The van der Waals surface area contributed by atoms with Crippen molar-refractivity contribution < 1.29 is 9.21 Å². The van der Waals surface area contributed by atoms with E-state index < -0.39 is 5.76 Å². The van der Waals surface area contributed by atoms with Crippen molar-refractivity contribution >= 4 is 34.3 Å². The number of carbonyl (C=O) groups is 1. The van der Waals surface area contributed by atoms with Gasteiger partial charge in [-0.25, -0.2) is 4.79 Å². The lowest BCUT2D eigenvalue weighted by atomic mass is 10.2. The standard InChI is InChI=1S/C25H24ClN5O4/c26-23-20(17-27-31(24(23)33)18-7-2-1-3-8-18)28-13-15-29(16-14-28)22(32)11-6-12-30-19-9-4-5-10-21(19)35-25(30)34/h1-5,7-10,17H,6,11-16H2. The van der Waals surface area contributed by atoms with E-state index in [0.29, 0.717) is 62.5 Å². The molecule has 0 unspecified atom stereocenters. The molecule has 0 saturated carbocycles. The molecule has 5 rings (SSSR count). The van der Waals surface area contributed by atoms with Crippen molar-refractivity contribution in [2.45, 2.75) is 19.4 Å². The number of nitrogens with zero attached hydrogens (tertiary/aromatic N) is 5. The minimum atomic E-state index is -0.410. The second-order valence-electron chi connectivity index (χ2n) is 8.36. The first kappa shape index (κ1) is 22.9. The van der Waals surface area contributed by atoms with Gasteiger partial charge in [-0.1, -0.05) is 41.9 Å². The minimum absolute atomic E-state index is 0.0363. The van der Waals surface area contributed by atoms with E-state index in [4.69, 9.17) is 16.0 Å². The number of oxazole rings is 1. The molecule has 1 saturated heterocycles. The number of rotatable bonds is 6. The van der Waals surface area contributed by atoms with E-state index in [-0.39, 0.29) is 16.5 Å². The van der Waals surface area contributed by atoms with Crippen molar-refractivity contribution in [3.63, 3.8) is 0 Å². The van der Waals surface area contributed by atoms with Gasteiger partial charge in [-0.3, -0.25) is 14.2 Å². The molecule has 1 aliphatic rings. The molecule has 0 radical (unpaired) electrons. The Morgan fingerprint density at radius 3 is 2.46 bits per heavy atom. The Morgan fingerprint density at radius 1 is 0.971 bits per heavy atom. The maximum Gasteiger partial charge on any atom is 0.419 e. The van der Waals surface area contributed by atoms with Crippen molar-refractivity contribution in [2.24, 2.45) is 0 Å². The maximum absolute atomic E-state index is 12.8. The molecule has 2 aromatic carbocycles. The third kappa shape index (κ3) is 4.59. The first-order valence-electron chi connectivity index (χ1n) is 11.5. The van der Waals surface area contributed by atoms with Crippen molar-refractivity contribution in [3.8, 4) is 5.69 Å². The summed E-state index contributed by atoms with van der Waals surface area (Å²) in [6, 6.07) is 16.4. The van der Waals surface area contributed by atoms with Crippen LogP contribution in [0.25, 0.3) is 16.8 Å². The summed E-state index contributed by atoms with van der Waals surface area (Å²) in [5.74, 6) is -0.374. The van der Waals surface area contributed by atoms with Crippen LogP contribution in [0.3, 0.4) is 0 Å². The van der Waals surface area contributed by atoms with Crippen molar-refractivity contribution in [3.05, 3.63) is 86.7 Å². The summed E-state index contributed by atoms with van der Waals surface area (Å²) in [5.41, 5.74) is 2.12. The van der Waals surface area contributed by atoms with Crippen LogP contribution >= 0.6 is 11.6 Å². The fraction of sp³-hybridized carbons (Fsp3) is 0.280. The fourth-order valence-corrected chi connectivity index (χ4v) is 4.61. The number of piperazine rings is 1. The molecule has 0 spiro atoms. The number of hydrogen-bond acceptors (Lipinski definition) is 6. The van der Waals surface area contributed by atoms with Gasteiger partial charge in [-0.2, -0.15) is 9.78 Å². The highest BCUT2D eigenvalue weighted by Gasteiger charge is 2.24. The number of amides is 1. The third-order valence-corrected chi connectivity index (χ3v) is 6.58. The van der Waals surface area contributed by atoms with Crippen molar-refractivity contribution in [2.75, 3.05) is 31.1 Å². The molecule has 0 aliphatic carbocycles. The highest BCUT2D eigenvalue weighted by molar-refractivity contribution is 6.33. The molecule has 0 bridgehead atoms. The minimum Gasteiger partial charge on any atom is -0.408 e. The second-order valence-corrected chi connectivity index (χ2v) is 8.73. The van der Waals surface area contributed by atoms with Crippen LogP contribution in [-0.4, -0.2) is 51.3 Å². The summed E-state index contributed by atoms with van der Waals surface area (Å²) in [7, 11) is 0. The molecule has 3 heterocycles. The van der Waals surface area contributed by atoms with Crippen LogP contribution < -0.4 is 16.2 Å². The lowest BCUT2D eigenvalue weighted by Crippen LogP contribution is -2.49. The molecule has 4 aromatic rings. The normalized spacial score (nSPS) is 14.0. The molecule has 1 fully saturated rings. The summed E-state index contributed by atoms with van der Waals surface area (Å²) in [6.07, 6.45) is 2.47. The Balaban J connectivity index is 1.18. The van der Waals surface area contributed by atoms with Crippen molar-refractivity contribution in [1.82, 2.24) is 19.2 Å². The number of hydrogen-bond donors (Lipinski definition) is 0. The predicted molar refractivity (Wildman–Crippen MR) is 133 cm³/mol. The van der Waals surface area contributed by atoms with E-state index in [0.717, 1.165) is 5.52 Å². The Hall–Kier alpha value is -3.85. The molecule has 1 amide bonds. The number of carbonyl (C=O) groups excluding carboxylic acids is 1. The van der Waals surface area contributed by atoms with Crippen LogP contribution in [0.4, 0.5) is 5.69 Å². The highest BCUT2D eigenvalue weighted by atomic mass is 35.5. The van der Waals surface area contributed by atoms with Crippen LogP contribution in [0.1, 0.15) is 12.8 Å². The molecule has 0 atom stereocenters. The number of halogens is 1. The lowest BCUT2D eigenvalue weighted by molar-refractivity contribution is -0.131. The van der Waals surface area contributed by atoms with E-state index in [1.807, 2.05) is 41.3 Å². The maximum atomic E-state index is 12.8. The van der Waals surface area contributed by atoms with Crippen molar-refractivity contribution in [1.29, 1.82) is 0 Å². The van der Waals surface area contributed by atoms with Gasteiger partial charge in [0, 0.05) is 39.1 Å². The first-order chi connectivity index (χ1) is 17.0. The SMILES string of the molecule is O=C(CCCn1c(=O)oc2ccccc21)N1CCN(c2cnn(-c3ccccc3)c(=O)c2Cl)CC1. The molecule has 1 aliphatic heterocycles. The van der Waals surface area contributed by atoms with Crippen LogP contribution in [0, 0.1) is 0 Å². The zero-order chi connectivity index (χ0) is 24.4. The summed E-state index contributed by atoms with van der Waals surface area (Å²) < 4.78 is 8.08. The van der Waals surface area contributed by atoms with Gasteiger partial charge in [0.25, 0.3) is 5.56 Å². The summed E-state index contributed by atoms with van der Waals surface area (Å²) in [4.78, 5) is 41.4. The summed E-state index contributed by atoms with van der Waals surface area (Å²) >= 11 is 6.42. The molecule has 0 N–H and O–H groups in total. The Labute approximate surface area is 205 Å². The smallest absolute Gasteiger partial charge is 0.408 e. The lowest BCUT2D eigenvalue weighted by Gasteiger charge is -2.36. The zero-order valence-corrected chi connectivity index (χ0v) is 19.7. The van der Waals surface area contributed by atoms with Gasteiger partial charge in [0.15, 0.2) is 5.58 Å². The van der Waals surface area contributed by atoms with E-state index in [1.165, 1.54) is 4.68 Å². The number of benzene rings is 2. The molecule has 9 nitrogen and oxygen atoms in total. The van der Waals surface area contributed by atoms with Gasteiger partial charge in [-0.05, 0) is 30.7 Å². The van der Waals surface area contributed by atoms with Crippen LogP contribution in [0.15, 0.2) is 74.8 Å². The Morgan fingerprint density at radius 2 is 1.69 bits per heavy atom. The Kier molecular flexibility index (Phi) is 6.41. The van der Waals surface area contributed by atoms with Crippen LogP contribution in [0.5, 0.6) is 0 Å². The molecule has 2 aromatic heterocycles. The molecule has 10 heteroatoms. The topological polar surface area (TPSA) is 93.6 Å². The predicted octanol–water partition coefficient (Wildman–Crippen LogP) is 2.92. The van der Waals surface area contributed by atoms with E-state index in [2.05, 4.69) is 5.10 Å². The van der Waals surface area contributed by atoms with Gasteiger partial charge in [-0.15, -0.1) is 0 Å². The first-order valence-corrected chi connectivity index (χ1v) is 11.8. The van der Waals surface area contributed by atoms with Gasteiger partial charge >= 0.3 is 5.76 Å². The summed E-state index contributed by atoms with van der Waals surface area (Å²) in [6.45, 7) is 2.55. The third-order valence-electron chi connectivity index (χ3n) is 6.22. The largest absolute Gasteiger partial charge is 0.419 e. The van der Waals surface area contributed by atoms with E-state index in [9.17, 15) is 14.4 Å². The van der Waals surface area contributed by atoms with Gasteiger partial charge in [0.2, 0.25) is 5.91 Å². The average molecular weight is 494 g/mol. The quantitative estimate of drug-likeness (QED) is 0.410. The monoisotopic (exact) mass is 493 g/mol. The Bertz CT molecular complexity index is 1470. The number of para-hydroxylation sites is 3. The van der Waals surface area contributed by atoms with E-state index in [1.54, 1.807) is 33.9 Å². The van der Waals surface area contributed by atoms with E-state index >= 15 is 0 Å². The second kappa shape index (κ2) is 9.79. The number of aryl methyl sites for hydroxylation is 1.